The van der Waals surface area contributed by atoms with Gasteiger partial charge in [0.2, 0.25) is 5.91 Å². The fourth-order valence-corrected chi connectivity index (χ4v) is 0.783. The molecule has 3 N–H and O–H groups in total. The average Bonchev–Trinajstić information content (AvgIpc) is 2.01. The molecule has 13 heavy (non-hydrogen) atoms. The van der Waals surface area contributed by atoms with Gasteiger partial charge in [-0.1, -0.05) is 0 Å². The lowest BCUT2D eigenvalue weighted by Crippen LogP contribution is -2.49. The summed E-state index contributed by atoms with van der Waals surface area (Å²) < 4.78 is 0. The molecule has 0 aromatic rings. The van der Waals surface area contributed by atoms with Gasteiger partial charge in [0, 0.05) is 13.1 Å². The third kappa shape index (κ3) is 5.05. The Hall–Kier alpha value is -1.26. The van der Waals surface area contributed by atoms with Gasteiger partial charge in [0.15, 0.2) is 0 Å². The van der Waals surface area contributed by atoms with Crippen LogP contribution in [-0.4, -0.2) is 31.1 Å². The van der Waals surface area contributed by atoms with Crippen LogP contribution in [0.4, 0.5) is 4.79 Å². The Morgan fingerprint density at radius 3 is 2.00 bits per heavy atom. The molecule has 0 aliphatic heterocycles. The van der Waals surface area contributed by atoms with Gasteiger partial charge in [-0.15, -0.1) is 0 Å². The van der Waals surface area contributed by atoms with E-state index < -0.39 is 6.04 Å². The second-order valence-electron chi connectivity index (χ2n) is 3.11. The number of carbonyl (C=O) groups is 2. The molecule has 1 atom stereocenters. The summed E-state index contributed by atoms with van der Waals surface area (Å²) in [4.78, 5) is 22.1. The third-order valence-electron chi connectivity index (χ3n) is 1.41. The number of urea groups is 1. The SMILES string of the molecule is CNC(=O)C(C)NC(=O)NC(C)C. The highest BCUT2D eigenvalue weighted by Gasteiger charge is 2.13. The van der Waals surface area contributed by atoms with Gasteiger partial charge in [-0.2, -0.15) is 0 Å². The molecule has 0 aromatic heterocycles. The van der Waals surface area contributed by atoms with Crippen molar-refractivity contribution in [2.75, 3.05) is 7.05 Å². The largest absolute Gasteiger partial charge is 0.357 e. The van der Waals surface area contributed by atoms with Crippen molar-refractivity contribution in [3.8, 4) is 0 Å². The van der Waals surface area contributed by atoms with Crippen molar-refractivity contribution >= 4 is 11.9 Å². The van der Waals surface area contributed by atoms with Crippen LogP contribution in [0.25, 0.3) is 0 Å². The van der Waals surface area contributed by atoms with E-state index in [2.05, 4.69) is 16.0 Å². The van der Waals surface area contributed by atoms with Crippen molar-refractivity contribution in [2.24, 2.45) is 0 Å². The van der Waals surface area contributed by atoms with Gasteiger partial charge in [0.05, 0.1) is 0 Å². The second kappa shape index (κ2) is 5.40. The first-order valence-electron chi connectivity index (χ1n) is 4.26. The summed E-state index contributed by atoms with van der Waals surface area (Å²) in [5.74, 6) is -0.209. The Morgan fingerprint density at radius 2 is 1.62 bits per heavy atom. The molecule has 0 heterocycles. The van der Waals surface area contributed by atoms with E-state index in [1.807, 2.05) is 13.8 Å². The lowest BCUT2D eigenvalue weighted by Gasteiger charge is -2.14. The minimum absolute atomic E-state index is 0.0666. The number of hydrogen-bond donors (Lipinski definition) is 3. The average molecular weight is 187 g/mol. The van der Waals surface area contributed by atoms with Gasteiger partial charge in [0.25, 0.3) is 0 Å². The van der Waals surface area contributed by atoms with Crippen LogP contribution in [-0.2, 0) is 4.79 Å². The second-order valence-corrected chi connectivity index (χ2v) is 3.11. The van der Waals surface area contributed by atoms with Crippen molar-refractivity contribution in [1.29, 1.82) is 0 Å². The van der Waals surface area contributed by atoms with Gasteiger partial charge in [-0.3, -0.25) is 4.79 Å². The molecule has 5 nitrogen and oxygen atoms in total. The van der Waals surface area contributed by atoms with Crippen molar-refractivity contribution in [3.05, 3.63) is 0 Å². The van der Waals surface area contributed by atoms with Crippen LogP contribution in [0.2, 0.25) is 0 Å². The maximum Gasteiger partial charge on any atom is 0.315 e. The van der Waals surface area contributed by atoms with Gasteiger partial charge >= 0.3 is 6.03 Å². The van der Waals surface area contributed by atoms with E-state index in [1.54, 1.807) is 6.92 Å². The summed E-state index contributed by atoms with van der Waals surface area (Å²) in [6.07, 6.45) is 0. The van der Waals surface area contributed by atoms with E-state index in [0.717, 1.165) is 0 Å². The molecule has 0 radical (unpaired) electrons. The zero-order valence-corrected chi connectivity index (χ0v) is 8.47. The zero-order chi connectivity index (χ0) is 10.4. The molecular formula is C8H17N3O2. The van der Waals surface area contributed by atoms with Crippen molar-refractivity contribution in [2.45, 2.75) is 32.9 Å². The number of likely N-dealkylation sites (N-methyl/N-ethyl adjacent to an activating group) is 1. The Kier molecular flexibility index (Phi) is 4.87. The van der Waals surface area contributed by atoms with E-state index in [9.17, 15) is 9.59 Å². The molecule has 5 heteroatoms. The van der Waals surface area contributed by atoms with Gasteiger partial charge < -0.3 is 16.0 Å². The van der Waals surface area contributed by atoms with Crippen LogP contribution in [0.5, 0.6) is 0 Å². The predicted octanol–water partition coefficient (Wildman–Crippen LogP) is -0.171. The fraction of sp³-hybridized carbons (Fsp3) is 0.750. The van der Waals surface area contributed by atoms with E-state index >= 15 is 0 Å². The Morgan fingerprint density at radius 1 is 1.08 bits per heavy atom. The molecule has 0 aromatic carbocycles. The molecule has 0 fully saturated rings. The molecule has 0 rings (SSSR count). The summed E-state index contributed by atoms with van der Waals surface area (Å²) in [6, 6.07) is -0.772. The Labute approximate surface area is 78.3 Å². The molecule has 1 unspecified atom stereocenters. The summed E-state index contributed by atoms with van der Waals surface area (Å²) >= 11 is 0. The molecule has 0 aliphatic carbocycles. The number of rotatable bonds is 3. The van der Waals surface area contributed by atoms with E-state index in [1.165, 1.54) is 7.05 Å². The minimum Gasteiger partial charge on any atom is -0.357 e. The third-order valence-corrected chi connectivity index (χ3v) is 1.41. The lowest BCUT2D eigenvalue weighted by atomic mass is 10.3. The molecule has 76 valence electrons. The summed E-state index contributed by atoms with van der Waals surface area (Å²) in [6.45, 7) is 5.33. The number of nitrogens with one attached hydrogen (secondary N) is 3. The summed E-state index contributed by atoms with van der Waals surface area (Å²) in [7, 11) is 1.53. The van der Waals surface area contributed by atoms with E-state index in [-0.39, 0.29) is 18.0 Å². The van der Waals surface area contributed by atoms with Crippen LogP contribution >= 0.6 is 0 Å². The molecular weight excluding hydrogens is 170 g/mol. The van der Waals surface area contributed by atoms with Crippen molar-refractivity contribution in [1.82, 2.24) is 16.0 Å². The first-order valence-corrected chi connectivity index (χ1v) is 4.26. The molecule has 0 spiro atoms. The van der Waals surface area contributed by atoms with Crippen LogP contribution in [0.1, 0.15) is 20.8 Å². The Bertz CT molecular complexity index is 192. The Balaban J connectivity index is 3.85. The highest BCUT2D eigenvalue weighted by Crippen LogP contribution is 1.82. The topological polar surface area (TPSA) is 70.2 Å². The monoisotopic (exact) mass is 187 g/mol. The number of amides is 3. The molecule has 0 saturated heterocycles. The first kappa shape index (κ1) is 11.7. The van der Waals surface area contributed by atoms with Crippen LogP contribution < -0.4 is 16.0 Å². The standard InChI is InChI=1S/C8H17N3O2/c1-5(2)10-8(13)11-6(3)7(12)9-4/h5-6H,1-4H3,(H,9,12)(H2,10,11,13). The molecule has 0 saturated carbocycles. The fourth-order valence-electron chi connectivity index (χ4n) is 0.783. The minimum atomic E-state index is -0.510. The lowest BCUT2D eigenvalue weighted by molar-refractivity contribution is -0.122. The van der Waals surface area contributed by atoms with E-state index in [4.69, 9.17) is 0 Å². The maximum atomic E-state index is 11.1. The highest BCUT2D eigenvalue weighted by molar-refractivity contribution is 5.86. The maximum absolute atomic E-state index is 11.1. The predicted molar refractivity (Wildman–Crippen MR) is 50.3 cm³/mol. The number of carbonyl (C=O) groups excluding carboxylic acids is 2. The van der Waals surface area contributed by atoms with Crippen molar-refractivity contribution in [3.63, 3.8) is 0 Å². The summed E-state index contributed by atoms with van der Waals surface area (Å²) in [5, 5.41) is 7.56. The normalized spacial score (nSPS) is 12.1. The molecule has 3 amide bonds. The van der Waals surface area contributed by atoms with Crippen LogP contribution in [0, 0.1) is 0 Å². The number of hydrogen-bond acceptors (Lipinski definition) is 2. The zero-order valence-electron chi connectivity index (χ0n) is 8.47. The van der Waals surface area contributed by atoms with Crippen molar-refractivity contribution < 1.29 is 9.59 Å². The van der Waals surface area contributed by atoms with Gasteiger partial charge in [-0.25, -0.2) is 4.79 Å². The van der Waals surface area contributed by atoms with Crippen LogP contribution in [0.15, 0.2) is 0 Å². The first-order chi connectivity index (χ1) is 5.97. The van der Waals surface area contributed by atoms with Gasteiger partial charge in [-0.05, 0) is 20.8 Å². The molecule has 0 aliphatic rings. The smallest absolute Gasteiger partial charge is 0.315 e. The molecule has 0 bridgehead atoms. The van der Waals surface area contributed by atoms with Crippen LogP contribution in [0.3, 0.4) is 0 Å². The van der Waals surface area contributed by atoms with Gasteiger partial charge in [0.1, 0.15) is 6.04 Å². The van der Waals surface area contributed by atoms with E-state index in [0.29, 0.717) is 0 Å². The highest BCUT2D eigenvalue weighted by atomic mass is 16.2. The summed E-state index contributed by atoms with van der Waals surface area (Å²) in [5.41, 5.74) is 0. The quantitative estimate of drug-likeness (QED) is 0.574.